The van der Waals surface area contributed by atoms with E-state index in [4.69, 9.17) is 11.6 Å². The van der Waals surface area contributed by atoms with Crippen molar-refractivity contribution in [2.45, 2.75) is 19.1 Å². The van der Waals surface area contributed by atoms with Crippen molar-refractivity contribution in [1.82, 2.24) is 4.90 Å². The number of likely N-dealkylation sites (tertiary alicyclic amines) is 1. The fraction of sp³-hybridized carbons (Fsp3) is 0.211. The second-order valence-electron chi connectivity index (χ2n) is 5.68. The van der Waals surface area contributed by atoms with Crippen LogP contribution in [0.15, 0.2) is 66.2 Å². The van der Waals surface area contributed by atoms with Gasteiger partial charge in [-0.25, -0.2) is 0 Å². The Bertz CT molecular complexity index is 740. The van der Waals surface area contributed by atoms with Gasteiger partial charge in [0.25, 0.3) is 5.91 Å². The Balaban J connectivity index is 1.92. The molecule has 1 saturated heterocycles. The van der Waals surface area contributed by atoms with E-state index in [1.165, 1.54) is 0 Å². The van der Waals surface area contributed by atoms with Gasteiger partial charge < -0.3 is 10.0 Å². The summed E-state index contributed by atoms with van der Waals surface area (Å²) in [7, 11) is 0. The van der Waals surface area contributed by atoms with Crippen molar-refractivity contribution in [2.24, 2.45) is 0 Å². The number of amides is 1. The van der Waals surface area contributed by atoms with E-state index in [1.807, 2.05) is 43.3 Å². The molecule has 1 unspecified atom stereocenters. The van der Waals surface area contributed by atoms with Crippen LogP contribution in [-0.4, -0.2) is 22.5 Å². The highest BCUT2D eigenvalue weighted by Gasteiger charge is 2.49. The SMILES string of the molecule is C/C=C1\CN(Cc2ccc(Cl)cc2)C(=O)C1(O)c1ccccc1. The smallest absolute Gasteiger partial charge is 0.264 e. The van der Waals surface area contributed by atoms with E-state index in [-0.39, 0.29) is 5.91 Å². The Labute approximate surface area is 140 Å². The molecule has 3 nitrogen and oxygen atoms in total. The number of nitrogens with zero attached hydrogens (tertiary/aromatic N) is 1. The fourth-order valence-electron chi connectivity index (χ4n) is 2.98. The lowest BCUT2D eigenvalue weighted by molar-refractivity contribution is -0.142. The number of rotatable bonds is 3. The van der Waals surface area contributed by atoms with Crippen molar-refractivity contribution in [2.75, 3.05) is 6.54 Å². The average molecular weight is 328 g/mol. The number of allylic oxidation sites excluding steroid dienone is 1. The van der Waals surface area contributed by atoms with E-state index in [0.29, 0.717) is 29.2 Å². The molecule has 4 heteroatoms. The molecule has 1 N–H and O–H groups in total. The van der Waals surface area contributed by atoms with Crippen LogP contribution in [-0.2, 0) is 16.9 Å². The largest absolute Gasteiger partial charge is 0.372 e. The van der Waals surface area contributed by atoms with Crippen LogP contribution < -0.4 is 0 Å². The molecule has 0 spiro atoms. The predicted molar refractivity (Wildman–Crippen MR) is 91.0 cm³/mol. The first kappa shape index (κ1) is 15.8. The second kappa shape index (κ2) is 6.19. The normalized spacial score (nSPS) is 22.8. The zero-order valence-corrected chi connectivity index (χ0v) is 13.6. The van der Waals surface area contributed by atoms with Gasteiger partial charge in [0, 0.05) is 18.1 Å². The lowest BCUT2D eigenvalue weighted by Gasteiger charge is -2.23. The maximum absolute atomic E-state index is 12.9. The number of carbonyl (C=O) groups is 1. The summed E-state index contributed by atoms with van der Waals surface area (Å²) in [5.74, 6) is -0.285. The molecule has 0 aliphatic carbocycles. The van der Waals surface area contributed by atoms with Crippen LogP contribution in [0.3, 0.4) is 0 Å². The molecule has 3 rings (SSSR count). The molecule has 1 fully saturated rings. The number of hydrogen-bond donors (Lipinski definition) is 1. The molecule has 0 aromatic heterocycles. The average Bonchev–Trinajstić information content (AvgIpc) is 2.83. The molecule has 0 saturated carbocycles. The maximum atomic E-state index is 12.9. The Morgan fingerprint density at radius 3 is 2.43 bits per heavy atom. The fourth-order valence-corrected chi connectivity index (χ4v) is 3.11. The summed E-state index contributed by atoms with van der Waals surface area (Å²) in [6.45, 7) is 2.72. The van der Waals surface area contributed by atoms with Gasteiger partial charge in [-0.15, -0.1) is 0 Å². The van der Waals surface area contributed by atoms with Gasteiger partial charge in [0.1, 0.15) is 0 Å². The first-order chi connectivity index (χ1) is 11.1. The minimum absolute atomic E-state index is 0.285. The molecule has 118 valence electrons. The lowest BCUT2D eigenvalue weighted by Crippen LogP contribution is -2.38. The second-order valence-corrected chi connectivity index (χ2v) is 6.11. The molecule has 1 amide bonds. The third-order valence-corrected chi connectivity index (χ3v) is 4.50. The van der Waals surface area contributed by atoms with E-state index in [1.54, 1.807) is 29.2 Å². The molecule has 2 aromatic rings. The number of hydrogen-bond acceptors (Lipinski definition) is 2. The monoisotopic (exact) mass is 327 g/mol. The molecular formula is C19H18ClNO2. The zero-order chi connectivity index (χ0) is 16.4. The molecular weight excluding hydrogens is 310 g/mol. The Hall–Kier alpha value is -2.10. The summed E-state index contributed by atoms with van der Waals surface area (Å²) in [5.41, 5.74) is 0.734. The quantitative estimate of drug-likeness (QED) is 0.876. The van der Waals surface area contributed by atoms with E-state index in [9.17, 15) is 9.90 Å². The zero-order valence-electron chi connectivity index (χ0n) is 12.9. The standard InChI is InChI=1S/C19H18ClNO2/c1-2-15-13-21(12-14-8-10-17(20)11-9-14)18(22)19(15,23)16-6-4-3-5-7-16/h2-11,23H,12-13H2,1H3/b15-2+. The third-order valence-electron chi connectivity index (χ3n) is 4.25. The van der Waals surface area contributed by atoms with Crippen LogP contribution in [0.25, 0.3) is 0 Å². The van der Waals surface area contributed by atoms with Crippen LogP contribution >= 0.6 is 11.6 Å². The van der Waals surface area contributed by atoms with Crippen molar-refractivity contribution in [3.8, 4) is 0 Å². The highest BCUT2D eigenvalue weighted by molar-refractivity contribution is 6.30. The first-order valence-electron chi connectivity index (χ1n) is 7.53. The van der Waals surface area contributed by atoms with Gasteiger partial charge in [-0.05, 0) is 35.8 Å². The minimum Gasteiger partial charge on any atom is -0.372 e. The van der Waals surface area contributed by atoms with Crippen molar-refractivity contribution >= 4 is 17.5 Å². The maximum Gasteiger partial charge on any atom is 0.264 e. The van der Waals surface area contributed by atoms with E-state index in [2.05, 4.69) is 0 Å². The van der Waals surface area contributed by atoms with Crippen molar-refractivity contribution in [3.63, 3.8) is 0 Å². The van der Waals surface area contributed by atoms with Gasteiger partial charge in [-0.3, -0.25) is 4.79 Å². The van der Waals surface area contributed by atoms with Gasteiger partial charge in [0.2, 0.25) is 0 Å². The van der Waals surface area contributed by atoms with Gasteiger partial charge in [0.15, 0.2) is 5.60 Å². The van der Waals surface area contributed by atoms with Gasteiger partial charge in [0.05, 0.1) is 0 Å². The highest BCUT2D eigenvalue weighted by atomic mass is 35.5. The van der Waals surface area contributed by atoms with Crippen molar-refractivity contribution < 1.29 is 9.90 Å². The van der Waals surface area contributed by atoms with E-state index in [0.717, 1.165) is 5.56 Å². The summed E-state index contributed by atoms with van der Waals surface area (Å²) in [4.78, 5) is 14.5. The Morgan fingerprint density at radius 2 is 1.83 bits per heavy atom. The number of aliphatic hydroxyl groups is 1. The Morgan fingerprint density at radius 1 is 1.17 bits per heavy atom. The summed E-state index contributed by atoms with van der Waals surface area (Å²) in [6.07, 6.45) is 1.83. The number of benzene rings is 2. The predicted octanol–water partition coefficient (Wildman–Crippen LogP) is 3.52. The number of carbonyl (C=O) groups excluding carboxylic acids is 1. The lowest BCUT2D eigenvalue weighted by atomic mass is 9.88. The highest BCUT2D eigenvalue weighted by Crippen LogP contribution is 2.38. The van der Waals surface area contributed by atoms with E-state index < -0.39 is 5.60 Å². The van der Waals surface area contributed by atoms with Gasteiger partial charge in [-0.1, -0.05) is 60.1 Å². The van der Waals surface area contributed by atoms with Gasteiger partial charge in [-0.2, -0.15) is 0 Å². The van der Waals surface area contributed by atoms with Crippen LogP contribution in [0.4, 0.5) is 0 Å². The third kappa shape index (κ3) is 2.78. The minimum atomic E-state index is -1.57. The summed E-state index contributed by atoms with van der Waals surface area (Å²) < 4.78 is 0. The molecule has 1 heterocycles. The van der Waals surface area contributed by atoms with Crippen LogP contribution in [0.2, 0.25) is 5.02 Å². The number of halogens is 1. The first-order valence-corrected chi connectivity index (χ1v) is 7.91. The Kier molecular flexibility index (Phi) is 4.24. The topological polar surface area (TPSA) is 40.5 Å². The van der Waals surface area contributed by atoms with Crippen LogP contribution in [0.1, 0.15) is 18.1 Å². The molecule has 1 aliphatic heterocycles. The molecule has 1 aliphatic rings. The van der Waals surface area contributed by atoms with Gasteiger partial charge >= 0.3 is 0 Å². The summed E-state index contributed by atoms with van der Waals surface area (Å²) in [6, 6.07) is 16.5. The summed E-state index contributed by atoms with van der Waals surface area (Å²) >= 11 is 5.90. The molecule has 0 bridgehead atoms. The van der Waals surface area contributed by atoms with E-state index >= 15 is 0 Å². The molecule has 23 heavy (non-hydrogen) atoms. The van der Waals surface area contributed by atoms with Crippen LogP contribution in [0.5, 0.6) is 0 Å². The van der Waals surface area contributed by atoms with Crippen molar-refractivity contribution in [1.29, 1.82) is 0 Å². The van der Waals surface area contributed by atoms with Crippen molar-refractivity contribution in [3.05, 3.63) is 82.4 Å². The molecule has 1 atom stereocenters. The summed E-state index contributed by atoms with van der Waals surface area (Å²) in [5, 5.41) is 11.8. The van der Waals surface area contributed by atoms with Crippen LogP contribution in [0, 0.1) is 0 Å². The molecule has 2 aromatic carbocycles. The molecule has 0 radical (unpaired) electrons.